The molecular weight excluding hydrogens is 999 g/mol. The van der Waals surface area contributed by atoms with E-state index < -0.39 is 13.3 Å². The minimum Gasteiger partial charge on any atom is -0.486 e. The van der Waals surface area contributed by atoms with Crippen molar-refractivity contribution in [3.8, 4) is 33.9 Å². The van der Waals surface area contributed by atoms with Crippen LogP contribution in [0.4, 0.5) is 0 Å². The minimum atomic E-state index is -1.90. The smallest absolute Gasteiger partial charge is 0.216 e. The van der Waals surface area contributed by atoms with Gasteiger partial charge in [0.25, 0.3) is 0 Å². The van der Waals surface area contributed by atoms with Crippen LogP contribution >= 0.6 is 0 Å². The minimum absolute atomic E-state index is 0. The maximum Gasteiger partial charge on any atom is 0.216 e. The first kappa shape index (κ1) is 43.7. The maximum absolute atomic E-state index is 6.51. The molecule has 0 saturated carbocycles. The summed E-state index contributed by atoms with van der Waals surface area (Å²) in [6.45, 7) is 13.1. The first-order valence-electron chi connectivity index (χ1n) is 22.0. The number of aryl methyl sites for hydroxylation is 3. The Labute approximate surface area is 382 Å². The third kappa shape index (κ3) is 8.32. The molecular formula is C54H55GeIrN5O-2. The van der Waals surface area contributed by atoms with Gasteiger partial charge in [-0.1, -0.05) is 60.3 Å². The number of imidazole rings is 1. The van der Waals surface area contributed by atoms with E-state index in [0.29, 0.717) is 11.6 Å². The zero-order chi connectivity index (χ0) is 42.6. The Morgan fingerprint density at radius 3 is 2.34 bits per heavy atom. The van der Waals surface area contributed by atoms with Crippen molar-refractivity contribution in [3.05, 3.63) is 137 Å². The molecule has 5 aromatic heterocycles. The Hall–Kier alpha value is -4.95. The SMILES string of the molecule is CC(C)Cc1cc(-c2[c-]ccc3c2CCCC3)nc[c]1[Ge]([CH3])([CH3])[CH3].Cc1ccc2ccc3nc(-c4[c-]cc(C)c5c4oc4nc(-c6ccccc6)ccc45)n(C(C)C)c3c2n1.[Ir]. The van der Waals surface area contributed by atoms with E-state index >= 15 is 0 Å². The molecule has 0 N–H and O–H groups in total. The average molecular weight is 1050 g/mol. The van der Waals surface area contributed by atoms with E-state index in [9.17, 15) is 0 Å². The second kappa shape index (κ2) is 17.7. The van der Waals surface area contributed by atoms with Crippen LogP contribution in [-0.2, 0) is 39.4 Å². The quantitative estimate of drug-likeness (QED) is 0.117. The molecule has 5 heterocycles. The van der Waals surface area contributed by atoms with Gasteiger partial charge in [-0.3, -0.25) is 9.97 Å². The van der Waals surface area contributed by atoms with Crippen molar-refractivity contribution in [2.24, 2.45) is 5.92 Å². The largest absolute Gasteiger partial charge is 0.486 e. The Morgan fingerprint density at radius 2 is 1.58 bits per heavy atom. The van der Waals surface area contributed by atoms with Gasteiger partial charge in [0.2, 0.25) is 5.71 Å². The summed E-state index contributed by atoms with van der Waals surface area (Å²) in [6.07, 6.45) is 8.37. The molecule has 1 aliphatic rings. The summed E-state index contributed by atoms with van der Waals surface area (Å²) >= 11 is -1.90. The molecule has 0 spiro atoms. The summed E-state index contributed by atoms with van der Waals surface area (Å²) in [5.41, 5.74) is 16.1. The zero-order valence-corrected chi connectivity index (χ0v) is 41.9. The van der Waals surface area contributed by atoms with Gasteiger partial charge >= 0.3 is 150 Å². The van der Waals surface area contributed by atoms with Gasteiger partial charge in [-0.25, -0.2) is 4.98 Å². The number of nitrogens with zero attached hydrogens (tertiary/aromatic N) is 5. The van der Waals surface area contributed by atoms with Gasteiger partial charge in [-0.05, 0) is 45.0 Å². The van der Waals surface area contributed by atoms with Crippen molar-refractivity contribution in [2.45, 2.75) is 97.0 Å². The number of hydrogen-bond donors (Lipinski definition) is 0. The third-order valence-electron chi connectivity index (χ3n) is 12.1. The number of aromatic nitrogens is 5. The number of benzene rings is 4. The molecule has 0 bridgehead atoms. The Bertz CT molecular complexity index is 3090. The van der Waals surface area contributed by atoms with Crippen molar-refractivity contribution in [1.29, 1.82) is 0 Å². The van der Waals surface area contributed by atoms with Crippen LogP contribution in [0, 0.1) is 31.9 Å². The fourth-order valence-electron chi connectivity index (χ4n) is 9.20. The molecule has 0 fully saturated rings. The summed E-state index contributed by atoms with van der Waals surface area (Å²) in [5.74, 6) is 8.91. The molecule has 0 unspecified atom stereocenters. The number of pyridine rings is 3. The van der Waals surface area contributed by atoms with Crippen molar-refractivity contribution in [2.75, 3.05) is 0 Å². The summed E-state index contributed by atoms with van der Waals surface area (Å²) in [7, 11) is 0. The van der Waals surface area contributed by atoms with E-state index in [4.69, 9.17) is 24.4 Å². The van der Waals surface area contributed by atoms with Crippen LogP contribution in [0.15, 0.2) is 102 Å². The van der Waals surface area contributed by atoms with Gasteiger partial charge in [0.05, 0.1) is 33.7 Å². The second-order valence-corrected chi connectivity index (χ2v) is 29.1. The van der Waals surface area contributed by atoms with Gasteiger partial charge in [0, 0.05) is 48.2 Å². The van der Waals surface area contributed by atoms with Gasteiger partial charge in [0.1, 0.15) is 0 Å². The fourth-order valence-corrected chi connectivity index (χ4v) is 12.5. The molecule has 0 atom stereocenters. The normalized spacial score (nSPS) is 12.9. The summed E-state index contributed by atoms with van der Waals surface area (Å²) in [6, 6.07) is 38.6. The van der Waals surface area contributed by atoms with Crippen molar-refractivity contribution >= 4 is 61.7 Å². The van der Waals surface area contributed by atoms with E-state index in [1.807, 2.05) is 37.3 Å². The third-order valence-corrected chi connectivity index (χ3v) is 16.4. The molecule has 8 heteroatoms. The van der Waals surface area contributed by atoms with Crippen LogP contribution in [-0.4, -0.2) is 37.8 Å². The molecule has 317 valence electrons. The predicted octanol–water partition coefficient (Wildman–Crippen LogP) is 13.4. The average Bonchev–Trinajstić information content (AvgIpc) is 3.84. The Kier molecular flexibility index (Phi) is 12.5. The van der Waals surface area contributed by atoms with E-state index in [-0.39, 0.29) is 26.1 Å². The van der Waals surface area contributed by atoms with Crippen LogP contribution in [0.2, 0.25) is 17.3 Å². The summed E-state index contributed by atoms with van der Waals surface area (Å²) in [5, 5.41) is 3.15. The topological polar surface area (TPSA) is 69.6 Å². The van der Waals surface area contributed by atoms with Crippen LogP contribution in [0.25, 0.3) is 77.9 Å². The molecule has 9 aromatic rings. The van der Waals surface area contributed by atoms with Crippen molar-refractivity contribution in [1.82, 2.24) is 24.5 Å². The molecule has 6 nitrogen and oxygen atoms in total. The number of fused-ring (bicyclic) bond motifs is 7. The summed E-state index contributed by atoms with van der Waals surface area (Å²) < 4.78 is 10.3. The molecule has 4 aromatic carbocycles. The van der Waals surface area contributed by atoms with E-state index in [0.717, 1.165) is 84.3 Å². The van der Waals surface area contributed by atoms with E-state index in [1.165, 1.54) is 47.9 Å². The molecule has 1 aliphatic carbocycles. The Morgan fingerprint density at radius 1 is 0.806 bits per heavy atom. The first-order chi connectivity index (χ1) is 29.4. The van der Waals surface area contributed by atoms with Gasteiger partial charge < -0.3 is 8.98 Å². The molecule has 0 amide bonds. The first-order valence-corrected chi connectivity index (χ1v) is 29.3. The van der Waals surface area contributed by atoms with Crippen LogP contribution in [0.1, 0.15) is 74.5 Å². The Balaban J connectivity index is 0.000000184. The van der Waals surface area contributed by atoms with Crippen LogP contribution < -0.4 is 4.40 Å². The summed E-state index contributed by atoms with van der Waals surface area (Å²) in [4.78, 5) is 19.8. The second-order valence-electron chi connectivity index (χ2n) is 18.6. The molecule has 1 radical (unpaired) electrons. The standard InChI is InChI=1S/C32H25N4O.C22H30GeN.Ir/c1-18(2)36-29-26(16-13-22-12-11-20(4)33-28(22)29)34-31(36)24-14-10-19(3)27-23-15-17-25(21-8-6-5-7-9-21)35-32(23)37-30(24)27;1-16(2)13-18-14-22(24-15-21(18)23(3,4)5)20-12-8-10-17-9-6-7-11-19(17)20;/h5-13,15-18H,1-4H3;8,10,14-16H,6-7,9,11,13H2,1-5H3;/q2*-1;. The van der Waals surface area contributed by atoms with Crippen LogP contribution in [0.3, 0.4) is 0 Å². The van der Waals surface area contributed by atoms with Crippen molar-refractivity contribution < 1.29 is 24.5 Å². The molecule has 10 rings (SSSR count). The maximum atomic E-state index is 6.51. The van der Waals surface area contributed by atoms with Crippen LogP contribution in [0.5, 0.6) is 0 Å². The van der Waals surface area contributed by atoms with Gasteiger partial charge in [-0.2, -0.15) is 0 Å². The van der Waals surface area contributed by atoms with Gasteiger partial charge in [-0.15, -0.1) is 17.7 Å². The molecule has 0 aliphatic heterocycles. The molecule has 0 saturated heterocycles. The number of rotatable bonds is 7. The number of furan rings is 1. The monoisotopic (exact) mass is 1060 g/mol. The van der Waals surface area contributed by atoms with Crippen molar-refractivity contribution in [3.63, 3.8) is 0 Å². The van der Waals surface area contributed by atoms with Gasteiger partial charge in [0.15, 0.2) is 0 Å². The van der Waals surface area contributed by atoms with E-state index in [2.05, 4.69) is 135 Å². The predicted molar refractivity (Wildman–Crippen MR) is 256 cm³/mol. The van der Waals surface area contributed by atoms with E-state index in [1.54, 1.807) is 4.40 Å². The zero-order valence-electron chi connectivity index (χ0n) is 37.4. The molecule has 62 heavy (non-hydrogen) atoms. The number of hydrogen-bond acceptors (Lipinski definition) is 5. The fraction of sp³-hybridized carbons (Fsp3) is 0.296.